The Morgan fingerprint density at radius 3 is 1.16 bits per heavy atom. The van der Waals surface area contributed by atoms with Crippen LogP contribution in [0.4, 0.5) is 0 Å². The molecule has 0 aliphatic rings. The van der Waals surface area contributed by atoms with Gasteiger partial charge in [0.1, 0.15) is 11.5 Å². The van der Waals surface area contributed by atoms with Gasteiger partial charge in [-0.05, 0) is 71.6 Å². The summed E-state index contributed by atoms with van der Waals surface area (Å²) in [5.74, 6) is -2.82. The molecule has 0 fully saturated rings. The fraction of sp³-hybridized carbons (Fsp3) is 0.292. The third kappa shape index (κ3) is 7.77. The number of hydrogen-bond donors (Lipinski definition) is 8. The maximum Gasteiger partial charge on any atom is 0.167 e. The molecule has 58 heavy (non-hydrogen) atoms. The topological polar surface area (TPSA) is 187 Å². The van der Waals surface area contributed by atoms with Crippen molar-refractivity contribution in [2.24, 2.45) is 9.98 Å². The zero-order chi connectivity index (χ0) is 42.0. The first kappa shape index (κ1) is 41.5. The molecule has 0 aliphatic heterocycles. The smallest absolute Gasteiger partial charge is 0.167 e. The van der Waals surface area contributed by atoms with E-state index in [1.165, 1.54) is 12.4 Å². The van der Waals surface area contributed by atoms with E-state index in [4.69, 9.17) is 0 Å². The van der Waals surface area contributed by atoms with Gasteiger partial charge in [0.15, 0.2) is 23.0 Å². The van der Waals surface area contributed by atoms with Crippen LogP contribution in [-0.2, 0) is 12.8 Å². The molecule has 0 spiro atoms. The highest BCUT2D eigenvalue weighted by Crippen LogP contribution is 2.54. The van der Waals surface area contributed by atoms with Crippen molar-refractivity contribution in [1.82, 2.24) is 0 Å². The van der Waals surface area contributed by atoms with Crippen LogP contribution in [0.15, 0.2) is 82.8 Å². The van der Waals surface area contributed by atoms with Gasteiger partial charge in [-0.2, -0.15) is 0 Å². The van der Waals surface area contributed by atoms with E-state index in [0.29, 0.717) is 45.9 Å². The molecule has 0 heterocycles. The predicted molar refractivity (Wildman–Crippen MR) is 232 cm³/mol. The van der Waals surface area contributed by atoms with E-state index >= 15 is 0 Å². The van der Waals surface area contributed by atoms with Crippen molar-refractivity contribution < 1.29 is 40.9 Å². The quantitative estimate of drug-likeness (QED) is 0.0422. The van der Waals surface area contributed by atoms with Gasteiger partial charge in [0, 0.05) is 56.6 Å². The maximum absolute atomic E-state index is 12.5. The summed E-state index contributed by atoms with van der Waals surface area (Å²) in [6, 6.07) is 21.4. The van der Waals surface area contributed by atoms with Gasteiger partial charge in [0.2, 0.25) is 0 Å². The van der Waals surface area contributed by atoms with Gasteiger partial charge in [0.05, 0.1) is 25.3 Å². The number of phenols is 6. The van der Waals surface area contributed by atoms with Crippen LogP contribution in [0.5, 0.6) is 34.5 Å². The average Bonchev–Trinajstić information content (AvgIpc) is 3.19. The van der Waals surface area contributed by atoms with Gasteiger partial charge >= 0.3 is 0 Å². The lowest BCUT2D eigenvalue weighted by Crippen LogP contribution is -2.14. The Hall–Kier alpha value is -6.10. The highest BCUT2D eigenvalue weighted by Gasteiger charge is 2.30. The molecule has 10 nitrogen and oxygen atoms in total. The summed E-state index contributed by atoms with van der Waals surface area (Å²) in [6.45, 7) is 10.4. The number of phenolic OH excluding ortho intramolecular Hbond substituents is 6. The zero-order valence-corrected chi connectivity index (χ0v) is 33.7. The first-order valence-electron chi connectivity index (χ1n) is 19.5. The molecule has 6 aromatic rings. The summed E-state index contributed by atoms with van der Waals surface area (Å²) in [5, 5.41) is 92.6. The molecule has 0 aromatic heterocycles. The lowest BCUT2D eigenvalue weighted by molar-refractivity contribution is 0.266. The molecule has 0 saturated carbocycles. The standard InChI is InChI=1S/C48H52N2O8/c1-25(2)37-33-17-27(5)39(45(55)41(33)35(43(53)47(37)57)21-49-31(23-51)19-29-13-9-7-10-14-29)40-28(6)18-34-38(26(3)4)48(58)44(54)36(42(34)46(40)56)22-50-32(24-52)20-30-15-11-8-12-16-30/h7-18,21-22,25-26,31-32,51-58H,19-20,23-24H2,1-6H3/t31-,32-/m0/s1. The van der Waals surface area contributed by atoms with Crippen molar-refractivity contribution in [3.63, 3.8) is 0 Å². The third-order valence-corrected chi connectivity index (χ3v) is 10.9. The Morgan fingerprint density at radius 2 is 0.845 bits per heavy atom. The molecule has 302 valence electrons. The van der Waals surface area contributed by atoms with Crippen molar-refractivity contribution in [3.8, 4) is 45.6 Å². The Labute approximate surface area is 338 Å². The largest absolute Gasteiger partial charge is 0.507 e. The first-order valence-corrected chi connectivity index (χ1v) is 19.5. The lowest BCUT2D eigenvalue weighted by Gasteiger charge is -2.23. The van der Waals surface area contributed by atoms with Crippen molar-refractivity contribution in [3.05, 3.63) is 117 Å². The summed E-state index contributed by atoms with van der Waals surface area (Å²) in [5.41, 5.74) is 4.33. The van der Waals surface area contributed by atoms with Crippen molar-refractivity contribution in [2.45, 2.75) is 78.3 Å². The van der Waals surface area contributed by atoms with Gasteiger partial charge < -0.3 is 40.9 Å². The van der Waals surface area contributed by atoms with E-state index in [2.05, 4.69) is 9.98 Å². The molecular weight excluding hydrogens is 733 g/mol. The summed E-state index contributed by atoms with van der Waals surface area (Å²) < 4.78 is 0. The van der Waals surface area contributed by atoms with Crippen LogP contribution in [0.1, 0.15) is 84.0 Å². The number of fused-ring (bicyclic) bond motifs is 2. The summed E-state index contributed by atoms with van der Waals surface area (Å²) in [6.07, 6.45) is 3.52. The second-order valence-corrected chi connectivity index (χ2v) is 15.6. The normalized spacial score (nSPS) is 13.2. The van der Waals surface area contributed by atoms with E-state index in [0.717, 1.165) is 11.1 Å². The van der Waals surface area contributed by atoms with Crippen LogP contribution in [0, 0.1) is 13.8 Å². The molecule has 8 N–H and O–H groups in total. The number of aromatic hydroxyl groups is 6. The molecule has 2 atom stereocenters. The third-order valence-electron chi connectivity index (χ3n) is 10.9. The second kappa shape index (κ2) is 17.2. The Bertz CT molecular complexity index is 2350. The number of aryl methyl sites for hydroxylation is 2. The van der Waals surface area contributed by atoms with Crippen LogP contribution in [0.25, 0.3) is 32.7 Å². The van der Waals surface area contributed by atoms with E-state index in [1.807, 2.05) is 88.4 Å². The Balaban J connectivity index is 1.63. The van der Waals surface area contributed by atoms with Crippen molar-refractivity contribution in [2.75, 3.05) is 13.2 Å². The maximum atomic E-state index is 12.5. The monoisotopic (exact) mass is 784 g/mol. The molecule has 0 saturated heterocycles. The van der Waals surface area contributed by atoms with Gasteiger partial charge in [-0.1, -0.05) is 100 Å². The number of hydrogen-bond acceptors (Lipinski definition) is 10. The van der Waals surface area contributed by atoms with Crippen LogP contribution < -0.4 is 0 Å². The molecule has 0 amide bonds. The number of benzene rings is 6. The fourth-order valence-electron chi connectivity index (χ4n) is 8.09. The molecule has 0 aliphatic carbocycles. The predicted octanol–water partition coefficient (Wildman–Crippen LogP) is 8.80. The van der Waals surface area contributed by atoms with E-state index in [-0.39, 0.29) is 81.1 Å². The van der Waals surface area contributed by atoms with E-state index in [9.17, 15) is 40.9 Å². The van der Waals surface area contributed by atoms with Gasteiger partial charge in [-0.25, -0.2) is 0 Å². The number of nitrogens with zero attached hydrogens (tertiary/aromatic N) is 2. The van der Waals surface area contributed by atoms with Gasteiger partial charge in [-0.3, -0.25) is 9.98 Å². The first-order chi connectivity index (χ1) is 27.7. The van der Waals surface area contributed by atoms with Crippen LogP contribution >= 0.6 is 0 Å². The zero-order valence-electron chi connectivity index (χ0n) is 33.7. The molecule has 6 rings (SSSR count). The minimum absolute atomic E-state index is 0.0334. The second-order valence-electron chi connectivity index (χ2n) is 15.6. The number of aliphatic hydroxyl groups is 2. The molecule has 0 unspecified atom stereocenters. The molecule has 10 heteroatoms. The van der Waals surface area contributed by atoms with Crippen LogP contribution in [0.3, 0.4) is 0 Å². The van der Waals surface area contributed by atoms with E-state index < -0.39 is 23.6 Å². The highest BCUT2D eigenvalue weighted by molar-refractivity contribution is 6.15. The summed E-state index contributed by atoms with van der Waals surface area (Å²) in [7, 11) is 0. The Morgan fingerprint density at radius 1 is 0.500 bits per heavy atom. The molecule has 0 bridgehead atoms. The lowest BCUT2D eigenvalue weighted by atomic mass is 9.83. The molecular formula is C48H52N2O8. The minimum atomic E-state index is -0.597. The van der Waals surface area contributed by atoms with Crippen LogP contribution in [-0.4, -0.2) is 78.6 Å². The van der Waals surface area contributed by atoms with Gasteiger partial charge in [-0.15, -0.1) is 0 Å². The summed E-state index contributed by atoms with van der Waals surface area (Å²) >= 11 is 0. The van der Waals surface area contributed by atoms with Crippen molar-refractivity contribution >= 4 is 34.0 Å². The van der Waals surface area contributed by atoms with E-state index in [1.54, 1.807) is 26.0 Å². The highest BCUT2D eigenvalue weighted by atomic mass is 16.3. The fourth-order valence-corrected chi connectivity index (χ4v) is 8.09. The minimum Gasteiger partial charge on any atom is -0.507 e. The SMILES string of the molecule is Cc1cc2c(C(C)C)c(O)c(O)c(C=N[C@H](CO)Cc3ccccc3)c2c(O)c1-c1c(C)cc2c(C(C)C)c(O)c(O)c(C=N[C@H](CO)Cc3ccccc3)c2c1O. The number of aliphatic hydroxyl groups excluding tert-OH is 2. The Kier molecular flexibility index (Phi) is 12.3. The molecule has 6 aromatic carbocycles. The van der Waals surface area contributed by atoms with Gasteiger partial charge in [0.25, 0.3) is 0 Å². The summed E-state index contributed by atoms with van der Waals surface area (Å²) in [4.78, 5) is 9.22. The van der Waals surface area contributed by atoms with Crippen LogP contribution in [0.2, 0.25) is 0 Å². The van der Waals surface area contributed by atoms with Crippen molar-refractivity contribution in [1.29, 1.82) is 0 Å². The number of aliphatic imine (C=N–C) groups is 2. The average molecular weight is 785 g/mol. The number of rotatable bonds is 13. The molecule has 0 radical (unpaired) electrons.